The topological polar surface area (TPSA) is 38.5 Å². The van der Waals surface area contributed by atoms with Gasteiger partial charge < -0.3 is 15.4 Å². The van der Waals surface area contributed by atoms with E-state index in [0.717, 1.165) is 24.3 Å². The molecular formula is C9H14N2O. The molecule has 1 aliphatic carbocycles. The van der Waals surface area contributed by atoms with Gasteiger partial charge in [-0.15, -0.1) is 0 Å². The highest BCUT2D eigenvalue weighted by molar-refractivity contribution is 5.32. The Morgan fingerprint density at radius 1 is 1.58 bits per heavy atom. The predicted octanol–water partition coefficient (Wildman–Crippen LogP) is 1.14. The second-order valence-electron chi connectivity index (χ2n) is 3.39. The van der Waals surface area contributed by atoms with Crippen molar-refractivity contribution in [1.29, 1.82) is 0 Å². The highest BCUT2D eigenvalue weighted by Gasteiger charge is 2.19. The van der Waals surface area contributed by atoms with Gasteiger partial charge in [0.2, 0.25) is 0 Å². The molecule has 2 rings (SSSR count). The normalized spacial score (nSPS) is 21.6. The molecule has 0 spiro atoms. The fourth-order valence-electron chi connectivity index (χ4n) is 1.39. The van der Waals surface area contributed by atoms with Crippen molar-refractivity contribution in [1.82, 2.24) is 4.90 Å². The van der Waals surface area contributed by atoms with Crippen LogP contribution in [0.1, 0.15) is 19.3 Å². The van der Waals surface area contributed by atoms with E-state index in [1.54, 1.807) is 0 Å². The van der Waals surface area contributed by atoms with Gasteiger partial charge in [-0.25, -0.2) is 0 Å². The summed E-state index contributed by atoms with van der Waals surface area (Å²) in [6.45, 7) is 0.628. The Kier molecular flexibility index (Phi) is 1.71. The summed E-state index contributed by atoms with van der Waals surface area (Å²) in [6.07, 6.45) is 5.53. The lowest BCUT2D eigenvalue weighted by atomic mass is 9.90. The number of rotatable bonds is 1. The van der Waals surface area contributed by atoms with Crippen LogP contribution >= 0.6 is 0 Å². The van der Waals surface area contributed by atoms with Gasteiger partial charge in [0.25, 0.3) is 0 Å². The molecule has 0 bridgehead atoms. The minimum atomic E-state index is 0.628. The van der Waals surface area contributed by atoms with E-state index in [0.29, 0.717) is 6.73 Å². The molecule has 0 saturated heterocycles. The van der Waals surface area contributed by atoms with E-state index in [1.165, 1.54) is 12.0 Å². The highest BCUT2D eigenvalue weighted by Crippen LogP contribution is 2.30. The Morgan fingerprint density at radius 2 is 2.33 bits per heavy atom. The second kappa shape index (κ2) is 2.73. The third-order valence-electron chi connectivity index (χ3n) is 2.36. The van der Waals surface area contributed by atoms with Crippen molar-refractivity contribution in [3.05, 3.63) is 23.2 Å². The fraction of sp³-hybridized carbons (Fsp3) is 0.556. The molecule has 0 amide bonds. The molecular weight excluding hydrogens is 152 g/mol. The van der Waals surface area contributed by atoms with Gasteiger partial charge in [-0.1, -0.05) is 0 Å². The Morgan fingerprint density at radius 3 is 2.75 bits per heavy atom. The van der Waals surface area contributed by atoms with E-state index in [2.05, 4.69) is 0 Å². The van der Waals surface area contributed by atoms with Gasteiger partial charge in [-0.2, -0.15) is 0 Å². The van der Waals surface area contributed by atoms with Gasteiger partial charge in [-0.05, 0) is 24.8 Å². The average Bonchev–Trinajstić information content (AvgIpc) is 2.31. The zero-order chi connectivity index (χ0) is 8.55. The van der Waals surface area contributed by atoms with Crippen molar-refractivity contribution >= 4 is 0 Å². The first-order valence-electron chi connectivity index (χ1n) is 4.30. The van der Waals surface area contributed by atoms with E-state index >= 15 is 0 Å². The molecule has 66 valence electrons. The van der Waals surface area contributed by atoms with E-state index in [-0.39, 0.29) is 0 Å². The summed E-state index contributed by atoms with van der Waals surface area (Å²) in [5, 5.41) is 0. The molecule has 3 nitrogen and oxygen atoms in total. The zero-order valence-electron chi connectivity index (χ0n) is 7.34. The molecule has 12 heavy (non-hydrogen) atoms. The third-order valence-corrected chi connectivity index (χ3v) is 2.36. The minimum absolute atomic E-state index is 0.628. The third kappa shape index (κ3) is 1.15. The van der Waals surface area contributed by atoms with Gasteiger partial charge in [0.1, 0.15) is 0 Å². The quantitative estimate of drug-likeness (QED) is 0.635. The first-order valence-corrected chi connectivity index (χ1v) is 4.30. The van der Waals surface area contributed by atoms with E-state index < -0.39 is 0 Å². The molecule has 2 aliphatic rings. The summed E-state index contributed by atoms with van der Waals surface area (Å²) in [7, 11) is 1.98. The lowest BCUT2D eigenvalue weighted by Crippen LogP contribution is -2.11. The first-order chi connectivity index (χ1) is 5.77. The summed E-state index contributed by atoms with van der Waals surface area (Å²) in [4.78, 5) is 1.99. The first kappa shape index (κ1) is 7.53. The van der Waals surface area contributed by atoms with Crippen LogP contribution < -0.4 is 5.73 Å². The Balaban J connectivity index is 2.14. The van der Waals surface area contributed by atoms with Crippen molar-refractivity contribution in [3.63, 3.8) is 0 Å². The van der Waals surface area contributed by atoms with Crippen molar-refractivity contribution in [3.8, 4) is 0 Å². The highest BCUT2D eigenvalue weighted by atomic mass is 16.5. The molecule has 3 heteroatoms. The largest absolute Gasteiger partial charge is 0.469 e. The summed E-state index contributed by atoms with van der Waals surface area (Å²) >= 11 is 0. The van der Waals surface area contributed by atoms with Gasteiger partial charge in [0.15, 0.2) is 12.5 Å². The van der Waals surface area contributed by atoms with E-state index in [9.17, 15) is 0 Å². The molecule has 1 saturated carbocycles. The maximum atomic E-state index is 5.91. The number of allylic oxidation sites excluding steroid dienone is 1. The zero-order valence-corrected chi connectivity index (χ0v) is 7.34. The average molecular weight is 166 g/mol. The smallest absolute Gasteiger partial charge is 0.161 e. The molecule has 1 heterocycles. The maximum absolute atomic E-state index is 5.91. The Labute approximate surface area is 72.5 Å². The van der Waals surface area contributed by atoms with Crippen LogP contribution in [-0.4, -0.2) is 18.7 Å². The number of nitrogens with zero attached hydrogens (tertiary/aromatic N) is 1. The summed E-state index contributed by atoms with van der Waals surface area (Å²) in [5.41, 5.74) is 8.13. The maximum Gasteiger partial charge on any atom is 0.161 e. The molecule has 0 aromatic rings. The lowest BCUT2D eigenvalue weighted by Gasteiger charge is -2.19. The van der Waals surface area contributed by atoms with Gasteiger partial charge in [-0.3, -0.25) is 0 Å². The lowest BCUT2D eigenvalue weighted by molar-refractivity contribution is 0.173. The van der Waals surface area contributed by atoms with Gasteiger partial charge >= 0.3 is 0 Å². The van der Waals surface area contributed by atoms with E-state index in [4.69, 9.17) is 10.5 Å². The Bertz CT molecular complexity index is 249. The monoisotopic (exact) mass is 166 g/mol. The number of hydrogen-bond donors (Lipinski definition) is 1. The minimum Gasteiger partial charge on any atom is -0.469 e. The van der Waals surface area contributed by atoms with Crippen LogP contribution in [0.3, 0.4) is 0 Å². The van der Waals surface area contributed by atoms with Crippen LogP contribution in [-0.2, 0) is 4.74 Å². The van der Waals surface area contributed by atoms with Crippen molar-refractivity contribution < 1.29 is 4.74 Å². The van der Waals surface area contributed by atoms with Crippen LogP contribution in [0.4, 0.5) is 0 Å². The van der Waals surface area contributed by atoms with Crippen molar-refractivity contribution in [2.24, 2.45) is 5.73 Å². The number of nitrogens with two attached hydrogens (primary N) is 1. The Hall–Kier alpha value is -1.12. The molecule has 0 atom stereocenters. The van der Waals surface area contributed by atoms with Crippen molar-refractivity contribution in [2.75, 3.05) is 13.8 Å². The summed E-state index contributed by atoms with van der Waals surface area (Å²) in [6, 6.07) is 0. The van der Waals surface area contributed by atoms with Crippen LogP contribution in [0.2, 0.25) is 0 Å². The SMILES string of the molecule is CN1C=C(C(N)=C2CCC2)OC1. The molecule has 0 aromatic carbocycles. The molecule has 2 N–H and O–H groups in total. The molecule has 1 fully saturated rings. The fourth-order valence-corrected chi connectivity index (χ4v) is 1.39. The summed E-state index contributed by atoms with van der Waals surface area (Å²) < 4.78 is 5.39. The number of hydrogen-bond acceptors (Lipinski definition) is 3. The van der Waals surface area contributed by atoms with E-state index in [1.807, 2.05) is 18.1 Å². The van der Waals surface area contributed by atoms with Crippen LogP contribution in [0, 0.1) is 0 Å². The van der Waals surface area contributed by atoms with Crippen LogP contribution in [0.25, 0.3) is 0 Å². The summed E-state index contributed by atoms with van der Waals surface area (Å²) in [5.74, 6) is 0.854. The number of ether oxygens (including phenoxy) is 1. The molecule has 0 radical (unpaired) electrons. The van der Waals surface area contributed by atoms with Crippen LogP contribution in [0.5, 0.6) is 0 Å². The standard InChI is InChI=1S/C9H14N2O/c1-11-5-8(12-6-11)9(10)7-3-2-4-7/h5H,2-4,6,10H2,1H3. The predicted molar refractivity (Wildman–Crippen MR) is 46.9 cm³/mol. The van der Waals surface area contributed by atoms with Gasteiger partial charge in [0.05, 0.1) is 5.70 Å². The van der Waals surface area contributed by atoms with Gasteiger partial charge in [0, 0.05) is 13.2 Å². The molecule has 0 aromatic heterocycles. The molecule has 0 unspecified atom stereocenters. The second-order valence-corrected chi connectivity index (χ2v) is 3.39. The van der Waals surface area contributed by atoms with Crippen molar-refractivity contribution in [2.45, 2.75) is 19.3 Å². The molecule has 1 aliphatic heterocycles. The van der Waals surface area contributed by atoms with Crippen LogP contribution in [0.15, 0.2) is 23.2 Å².